The first-order chi connectivity index (χ1) is 9.83. The number of hydrogen-bond donors (Lipinski definition) is 1. The molecule has 1 aliphatic rings. The van der Waals surface area contributed by atoms with Gasteiger partial charge in [-0.3, -0.25) is 9.78 Å². The predicted molar refractivity (Wildman–Crippen MR) is 77.8 cm³/mol. The third-order valence-electron chi connectivity index (χ3n) is 3.44. The third kappa shape index (κ3) is 2.74. The molecule has 0 atom stereocenters. The van der Waals surface area contributed by atoms with Gasteiger partial charge in [0.1, 0.15) is 0 Å². The van der Waals surface area contributed by atoms with Crippen LogP contribution in [-0.4, -0.2) is 17.1 Å². The number of hydrazone groups is 1. The minimum atomic E-state index is -0.232. The molecule has 0 fully saturated rings. The lowest BCUT2D eigenvalue weighted by atomic mass is 10.1. The van der Waals surface area contributed by atoms with Crippen LogP contribution in [0.25, 0.3) is 0 Å². The lowest BCUT2D eigenvalue weighted by Gasteiger charge is -2.01. The van der Waals surface area contributed by atoms with Crippen LogP contribution in [-0.2, 0) is 12.8 Å². The maximum atomic E-state index is 11.8. The fraction of sp³-hybridized carbons (Fsp3) is 0.188. The highest BCUT2D eigenvalue weighted by Gasteiger charge is 2.10. The van der Waals surface area contributed by atoms with Crippen LogP contribution < -0.4 is 5.43 Å². The number of pyridine rings is 1. The Morgan fingerprint density at radius 1 is 1.15 bits per heavy atom. The molecule has 1 aliphatic carbocycles. The first-order valence-electron chi connectivity index (χ1n) is 6.68. The zero-order chi connectivity index (χ0) is 13.8. The molecule has 0 saturated heterocycles. The van der Waals surface area contributed by atoms with E-state index in [0.29, 0.717) is 5.56 Å². The van der Waals surface area contributed by atoms with Gasteiger partial charge in [0.05, 0.1) is 6.21 Å². The van der Waals surface area contributed by atoms with E-state index < -0.39 is 0 Å². The van der Waals surface area contributed by atoms with Crippen LogP contribution in [0.15, 0.2) is 47.8 Å². The molecule has 1 N–H and O–H groups in total. The number of carbonyl (C=O) groups excluding carboxylic acids is 1. The standard InChI is InChI=1S/C16H15N3O/c20-16(14-6-8-17-9-7-14)19-18-11-12-4-5-13-2-1-3-15(13)10-12/h4-11H,1-3H2,(H,19,20)/b18-11+. The molecule has 1 aromatic carbocycles. The van der Waals surface area contributed by atoms with E-state index in [2.05, 4.69) is 27.6 Å². The summed E-state index contributed by atoms with van der Waals surface area (Å²) in [6.45, 7) is 0. The van der Waals surface area contributed by atoms with Crippen molar-refractivity contribution in [2.24, 2.45) is 5.10 Å². The normalized spacial score (nSPS) is 13.4. The second kappa shape index (κ2) is 5.65. The quantitative estimate of drug-likeness (QED) is 0.684. The van der Waals surface area contributed by atoms with Crippen molar-refractivity contribution in [3.05, 3.63) is 65.0 Å². The molecule has 2 aromatic rings. The zero-order valence-corrected chi connectivity index (χ0v) is 11.0. The molecule has 0 bridgehead atoms. The fourth-order valence-corrected chi connectivity index (χ4v) is 2.41. The summed E-state index contributed by atoms with van der Waals surface area (Å²) in [5.74, 6) is -0.232. The van der Waals surface area contributed by atoms with Gasteiger partial charge in [0.25, 0.3) is 5.91 Å². The van der Waals surface area contributed by atoms with Crippen LogP contribution in [0.1, 0.15) is 33.5 Å². The summed E-state index contributed by atoms with van der Waals surface area (Å²) in [5.41, 5.74) is 6.91. The highest BCUT2D eigenvalue weighted by atomic mass is 16.2. The fourth-order valence-electron chi connectivity index (χ4n) is 2.41. The van der Waals surface area contributed by atoms with Gasteiger partial charge < -0.3 is 0 Å². The Kier molecular flexibility index (Phi) is 3.54. The first kappa shape index (κ1) is 12.5. The lowest BCUT2D eigenvalue weighted by Crippen LogP contribution is -2.17. The van der Waals surface area contributed by atoms with Gasteiger partial charge in [0, 0.05) is 18.0 Å². The number of amides is 1. The number of benzene rings is 1. The maximum Gasteiger partial charge on any atom is 0.271 e. The molecule has 4 nitrogen and oxygen atoms in total. The summed E-state index contributed by atoms with van der Waals surface area (Å²) in [6, 6.07) is 9.63. The van der Waals surface area contributed by atoms with E-state index in [1.54, 1.807) is 30.7 Å². The van der Waals surface area contributed by atoms with E-state index in [4.69, 9.17) is 0 Å². The lowest BCUT2D eigenvalue weighted by molar-refractivity contribution is 0.0955. The van der Waals surface area contributed by atoms with Gasteiger partial charge in [-0.25, -0.2) is 5.43 Å². The summed E-state index contributed by atoms with van der Waals surface area (Å²) in [6.07, 6.45) is 8.39. The molecule has 1 heterocycles. The van der Waals surface area contributed by atoms with Crippen molar-refractivity contribution in [3.8, 4) is 0 Å². The predicted octanol–water partition coefficient (Wildman–Crippen LogP) is 2.33. The summed E-state index contributed by atoms with van der Waals surface area (Å²) < 4.78 is 0. The molecule has 0 spiro atoms. The van der Waals surface area contributed by atoms with Crippen molar-refractivity contribution < 1.29 is 4.79 Å². The molecule has 20 heavy (non-hydrogen) atoms. The van der Waals surface area contributed by atoms with Crippen LogP contribution in [0.4, 0.5) is 0 Å². The molecule has 100 valence electrons. The van der Waals surface area contributed by atoms with Crippen LogP contribution in [0.2, 0.25) is 0 Å². The van der Waals surface area contributed by atoms with Crippen molar-refractivity contribution in [1.82, 2.24) is 10.4 Å². The third-order valence-corrected chi connectivity index (χ3v) is 3.44. The van der Waals surface area contributed by atoms with E-state index in [9.17, 15) is 4.79 Å². The van der Waals surface area contributed by atoms with Gasteiger partial charge in [0.15, 0.2) is 0 Å². The minimum absolute atomic E-state index is 0.232. The summed E-state index contributed by atoms with van der Waals surface area (Å²) in [7, 11) is 0. The Morgan fingerprint density at radius 3 is 2.80 bits per heavy atom. The number of aryl methyl sites for hydroxylation is 2. The van der Waals surface area contributed by atoms with Crippen LogP contribution in [0.5, 0.6) is 0 Å². The summed E-state index contributed by atoms with van der Waals surface area (Å²) >= 11 is 0. The van der Waals surface area contributed by atoms with E-state index in [0.717, 1.165) is 12.0 Å². The Bertz CT molecular complexity index is 650. The topological polar surface area (TPSA) is 54.4 Å². The molecule has 0 radical (unpaired) electrons. The molecule has 0 saturated carbocycles. The smallest absolute Gasteiger partial charge is 0.267 e. The number of hydrogen-bond acceptors (Lipinski definition) is 3. The van der Waals surface area contributed by atoms with Gasteiger partial charge >= 0.3 is 0 Å². The SMILES string of the molecule is O=C(N/N=C/c1ccc2c(c1)CCC2)c1ccncc1. The monoisotopic (exact) mass is 265 g/mol. The average Bonchev–Trinajstić information content (AvgIpc) is 2.95. The van der Waals surface area contributed by atoms with E-state index in [1.165, 1.54) is 24.0 Å². The number of rotatable bonds is 3. The number of nitrogens with zero attached hydrogens (tertiary/aromatic N) is 2. The molecule has 0 aliphatic heterocycles. The second-order valence-electron chi connectivity index (χ2n) is 4.82. The van der Waals surface area contributed by atoms with Gasteiger partial charge in [0.2, 0.25) is 0 Å². The van der Waals surface area contributed by atoms with Crippen molar-refractivity contribution in [1.29, 1.82) is 0 Å². The van der Waals surface area contributed by atoms with E-state index in [-0.39, 0.29) is 5.91 Å². The number of carbonyl (C=O) groups is 1. The molecule has 3 rings (SSSR count). The second-order valence-corrected chi connectivity index (χ2v) is 4.82. The Balaban J connectivity index is 1.65. The van der Waals surface area contributed by atoms with Gasteiger partial charge in [-0.1, -0.05) is 12.1 Å². The van der Waals surface area contributed by atoms with Crippen LogP contribution in [0.3, 0.4) is 0 Å². The summed E-state index contributed by atoms with van der Waals surface area (Å²) in [4.78, 5) is 15.6. The van der Waals surface area contributed by atoms with Crippen molar-refractivity contribution in [3.63, 3.8) is 0 Å². The van der Waals surface area contributed by atoms with Crippen molar-refractivity contribution in [2.75, 3.05) is 0 Å². The maximum absolute atomic E-state index is 11.8. The highest BCUT2D eigenvalue weighted by Crippen LogP contribution is 2.22. The Hall–Kier alpha value is -2.49. The number of fused-ring (bicyclic) bond motifs is 1. The molecule has 1 amide bonds. The molecule has 0 unspecified atom stereocenters. The Labute approximate surface area is 117 Å². The van der Waals surface area contributed by atoms with E-state index >= 15 is 0 Å². The van der Waals surface area contributed by atoms with Crippen molar-refractivity contribution in [2.45, 2.75) is 19.3 Å². The number of aromatic nitrogens is 1. The number of nitrogens with one attached hydrogen (secondary N) is 1. The van der Waals surface area contributed by atoms with Gasteiger partial charge in [-0.05, 0) is 54.2 Å². The van der Waals surface area contributed by atoms with Crippen molar-refractivity contribution >= 4 is 12.1 Å². The molecular formula is C16H15N3O. The summed E-state index contributed by atoms with van der Waals surface area (Å²) in [5, 5.41) is 4.00. The first-order valence-corrected chi connectivity index (χ1v) is 6.68. The van der Waals surface area contributed by atoms with Gasteiger partial charge in [-0.2, -0.15) is 5.10 Å². The van der Waals surface area contributed by atoms with Gasteiger partial charge in [-0.15, -0.1) is 0 Å². The molecule has 1 aromatic heterocycles. The molecular weight excluding hydrogens is 250 g/mol. The minimum Gasteiger partial charge on any atom is -0.267 e. The molecule has 4 heteroatoms. The average molecular weight is 265 g/mol. The highest BCUT2D eigenvalue weighted by molar-refractivity contribution is 5.94. The largest absolute Gasteiger partial charge is 0.271 e. The van der Waals surface area contributed by atoms with E-state index in [1.807, 2.05) is 6.07 Å². The zero-order valence-electron chi connectivity index (χ0n) is 11.0. The van der Waals surface area contributed by atoms with Crippen LogP contribution >= 0.6 is 0 Å². The van der Waals surface area contributed by atoms with Crippen LogP contribution in [0, 0.1) is 0 Å². The Morgan fingerprint density at radius 2 is 1.95 bits per heavy atom.